The molecule has 0 aliphatic rings. The Morgan fingerprint density at radius 2 is 1.74 bits per heavy atom. The van der Waals surface area contributed by atoms with Gasteiger partial charge < -0.3 is 4.74 Å². The molecule has 98 valence electrons. The van der Waals surface area contributed by atoms with Crippen LogP contribution in [0.1, 0.15) is 17.3 Å². The van der Waals surface area contributed by atoms with Crippen molar-refractivity contribution in [1.82, 2.24) is 0 Å². The Hall–Kier alpha value is -1.13. The van der Waals surface area contributed by atoms with Crippen LogP contribution in [0.5, 0.6) is 5.75 Å². The molecule has 4 heteroatoms. The lowest BCUT2D eigenvalue weighted by Crippen LogP contribution is -2.23. The monoisotopic (exact) mass is 382 g/mol. The highest BCUT2D eigenvalue weighted by atomic mass is 79.9. The molecule has 0 aromatic heterocycles. The average molecular weight is 384 g/mol. The lowest BCUT2D eigenvalue weighted by Gasteiger charge is -2.14. The van der Waals surface area contributed by atoms with E-state index in [1.165, 1.54) is 0 Å². The van der Waals surface area contributed by atoms with Gasteiger partial charge in [0.05, 0.1) is 0 Å². The molecule has 2 rings (SSSR count). The number of carbonyl (C=O) groups excluding carboxylic acids is 1. The fraction of sp³-hybridized carbons (Fsp3) is 0.133. The van der Waals surface area contributed by atoms with Gasteiger partial charge in [0, 0.05) is 14.5 Å². The summed E-state index contributed by atoms with van der Waals surface area (Å²) in [6.07, 6.45) is -0.518. The molecular weight excluding hydrogens is 372 g/mol. The maximum absolute atomic E-state index is 12.2. The number of hydrogen-bond donors (Lipinski definition) is 0. The van der Waals surface area contributed by atoms with Gasteiger partial charge in [0.1, 0.15) is 5.75 Å². The van der Waals surface area contributed by atoms with Crippen LogP contribution < -0.4 is 4.74 Å². The van der Waals surface area contributed by atoms with E-state index in [9.17, 15) is 4.79 Å². The van der Waals surface area contributed by atoms with E-state index in [1.807, 2.05) is 36.4 Å². The second kappa shape index (κ2) is 6.35. The third-order valence-electron chi connectivity index (χ3n) is 2.61. The van der Waals surface area contributed by atoms with Gasteiger partial charge in [-0.2, -0.15) is 0 Å². The molecule has 0 aliphatic carbocycles. The van der Waals surface area contributed by atoms with E-state index >= 15 is 0 Å². The number of halogens is 2. The Morgan fingerprint density at radius 3 is 2.37 bits per heavy atom. The van der Waals surface area contributed by atoms with Crippen molar-refractivity contribution in [3.05, 3.63) is 63.0 Å². The summed E-state index contributed by atoms with van der Waals surface area (Å²) in [5.41, 5.74) is 0.644. The first-order chi connectivity index (χ1) is 9.06. The fourth-order valence-corrected chi connectivity index (χ4v) is 2.29. The normalized spacial score (nSPS) is 11.9. The number of benzene rings is 2. The highest BCUT2D eigenvalue weighted by molar-refractivity contribution is 9.10. The Bertz CT molecular complexity index is 579. The van der Waals surface area contributed by atoms with Gasteiger partial charge in [0.2, 0.25) is 5.78 Å². The number of ether oxygens (including phenoxy) is 1. The summed E-state index contributed by atoms with van der Waals surface area (Å²) in [4.78, 5) is 12.2. The van der Waals surface area contributed by atoms with Crippen LogP contribution in [0.2, 0.25) is 0 Å². The number of Topliss-reactive ketones (excluding diaryl/α,β-unsaturated/α-hetero) is 1. The summed E-state index contributed by atoms with van der Waals surface area (Å²) in [7, 11) is 0. The molecule has 0 fully saturated rings. The zero-order valence-corrected chi connectivity index (χ0v) is 13.4. The third-order valence-corrected chi connectivity index (χ3v) is 3.63. The number of carbonyl (C=O) groups is 1. The zero-order valence-electron chi connectivity index (χ0n) is 10.3. The van der Waals surface area contributed by atoms with E-state index in [0.717, 1.165) is 8.95 Å². The first-order valence-corrected chi connectivity index (χ1v) is 7.37. The zero-order chi connectivity index (χ0) is 13.8. The van der Waals surface area contributed by atoms with Crippen molar-refractivity contribution >= 4 is 37.6 Å². The van der Waals surface area contributed by atoms with Crippen LogP contribution in [-0.4, -0.2) is 11.9 Å². The largest absolute Gasteiger partial charge is 0.483 e. The molecule has 0 aliphatic heterocycles. The molecule has 0 bridgehead atoms. The van der Waals surface area contributed by atoms with Crippen molar-refractivity contribution in [3.63, 3.8) is 0 Å². The molecule has 1 atom stereocenters. The van der Waals surface area contributed by atoms with Crippen LogP contribution in [0.3, 0.4) is 0 Å². The summed E-state index contributed by atoms with van der Waals surface area (Å²) in [5, 5.41) is 0. The molecule has 2 aromatic carbocycles. The van der Waals surface area contributed by atoms with Gasteiger partial charge in [0.15, 0.2) is 6.10 Å². The number of ketones is 1. The van der Waals surface area contributed by atoms with Gasteiger partial charge in [-0.1, -0.05) is 50.1 Å². The standard InChI is InChI=1S/C15H12Br2O2/c1-10(19-14-4-2-3-13(17)9-14)15(18)11-5-7-12(16)8-6-11/h2-10H,1H3/t10-/m1/s1. The SMILES string of the molecule is C[C@@H](Oc1cccc(Br)c1)C(=O)c1ccc(Br)cc1. The quantitative estimate of drug-likeness (QED) is 0.704. The lowest BCUT2D eigenvalue weighted by atomic mass is 10.1. The Morgan fingerprint density at radius 1 is 1.05 bits per heavy atom. The van der Waals surface area contributed by atoms with Crippen LogP contribution in [-0.2, 0) is 0 Å². The van der Waals surface area contributed by atoms with Crippen molar-refractivity contribution in [2.75, 3.05) is 0 Å². The smallest absolute Gasteiger partial charge is 0.202 e. The van der Waals surface area contributed by atoms with Crippen molar-refractivity contribution in [3.8, 4) is 5.75 Å². The van der Waals surface area contributed by atoms with Crippen LogP contribution in [0.25, 0.3) is 0 Å². The van der Waals surface area contributed by atoms with Gasteiger partial charge in [-0.05, 0) is 37.3 Å². The van der Waals surface area contributed by atoms with Crippen molar-refractivity contribution in [2.24, 2.45) is 0 Å². The van der Waals surface area contributed by atoms with E-state index in [1.54, 1.807) is 19.1 Å². The maximum atomic E-state index is 12.2. The highest BCUT2D eigenvalue weighted by Crippen LogP contribution is 2.20. The molecule has 0 spiro atoms. The predicted molar refractivity (Wildman–Crippen MR) is 82.7 cm³/mol. The van der Waals surface area contributed by atoms with E-state index in [2.05, 4.69) is 31.9 Å². The molecule has 2 nitrogen and oxygen atoms in total. The second-order valence-corrected chi connectivity index (χ2v) is 5.92. The fourth-order valence-electron chi connectivity index (χ4n) is 1.65. The predicted octanol–water partition coefficient (Wildman–Crippen LogP) is 4.86. The molecule has 2 aromatic rings. The van der Waals surface area contributed by atoms with Crippen molar-refractivity contribution < 1.29 is 9.53 Å². The Kier molecular flexibility index (Phi) is 4.77. The first kappa shape index (κ1) is 14.3. The number of rotatable bonds is 4. The molecular formula is C15H12Br2O2. The second-order valence-electron chi connectivity index (χ2n) is 4.09. The molecule has 0 unspecified atom stereocenters. The van der Waals surface area contributed by atoms with E-state index < -0.39 is 6.10 Å². The molecule has 0 saturated carbocycles. The van der Waals surface area contributed by atoms with E-state index in [-0.39, 0.29) is 5.78 Å². The van der Waals surface area contributed by atoms with Gasteiger partial charge in [0.25, 0.3) is 0 Å². The minimum Gasteiger partial charge on any atom is -0.483 e. The van der Waals surface area contributed by atoms with Crippen molar-refractivity contribution in [2.45, 2.75) is 13.0 Å². The molecule has 19 heavy (non-hydrogen) atoms. The summed E-state index contributed by atoms with van der Waals surface area (Å²) < 4.78 is 7.52. The van der Waals surface area contributed by atoms with Crippen LogP contribution in [0.4, 0.5) is 0 Å². The maximum Gasteiger partial charge on any atom is 0.202 e. The minimum atomic E-state index is -0.518. The molecule has 0 saturated heterocycles. The average Bonchev–Trinajstić information content (AvgIpc) is 2.39. The highest BCUT2D eigenvalue weighted by Gasteiger charge is 2.16. The van der Waals surface area contributed by atoms with E-state index in [0.29, 0.717) is 11.3 Å². The minimum absolute atomic E-state index is 0.0347. The first-order valence-electron chi connectivity index (χ1n) is 5.78. The topological polar surface area (TPSA) is 26.3 Å². The molecule has 0 amide bonds. The molecule has 0 heterocycles. The molecule has 0 radical (unpaired) electrons. The summed E-state index contributed by atoms with van der Waals surface area (Å²) in [6.45, 7) is 1.76. The summed E-state index contributed by atoms with van der Waals surface area (Å²) in [6, 6.07) is 14.7. The summed E-state index contributed by atoms with van der Waals surface area (Å²) >= 11 is 6.72. The third kappa shape index (κ3) is 3.91. The van der Waals surface area contributed by atoms with Gasteiger partial charge in [-0.15, -0.1) is 0 Å². The van der Waals surface area contributed by atoms with E-state index in [4.69, 9.17) is 4.74 Å². The lowest BCUT2D eigenvalue weighted by molar-refractivity contribution is 0.0818. The van der Waals surface area contributed by atoms with Crippen LogP contribution in [0.15, 0.2) is 57.5 Å². The van der Waals surface area contributed by atoms with Crippen LogP contribution >= 0.6 is 31.9 Å². The van der Waals surface area contributed by atoms with Crippen molar-refractivity contribution in [1.29, 1.82) is 0 Å². The molecule has 0 N–H and O–H groups in total. The van der Waals surface area contributed by atoms with Gasteiger partial charge in [-0.25, -0.2) is 0 Å². The Labute approximate surface area is 129 Å². The summed E-state index contributed by atoms with van der Waals surface area (Å²) in [5.74, 6) is 0.639. The van der Waals surface area contributed by atoms with Gasteiger partial charge in [-0.3, -0.25) is 4.79 Å². The van der Waals surface area contributed by atoms with Gasteiger partial charge >= 0.3 is 0 Å². The number of hydrogen-bond acceptors (Lipinski definition) is 2. The Balaban J connectivity index is 2.09. The van der Waals surface area contributed by atoms with Crippen LogP contribution in [0, 0.1) is 0 Å².